The molecule has 0 radical (unpaired) electrons. The lowest BCUT2D eigenvalue weighted by atomic mass is 10.2. The number of hydrogen-bond acceptors (Lipinski definition) is 3. The average Bonchev–Trinajstić information content (AvgIpc) is 2.49. The summed E-state index contributed by atoms with van der Waals surface area (Å²) in [6.45, 7) is 2.01. The number of hydrogen-bond donors (Lipinski definition) is 2. The first-order chi connectivity index (χ1) is 10.6. The Morgan fingerprint density at radius 2 is 2.05 bits per heavy atom. The third-order valence-electron chi connectivity index (χ3n) is 2.97. The van der Waals surface area contributed by atoms with E-state index in [0.29, 0.717) is 0 Å². The highest BCUT2D eigenvalue weighted by atomic mass is 35.5. The zero-order valence-corrected chi connectivity index (χ0v) is 12.7. The molecule has 0 saturated heterocycles. The fourth-order valence-corrected chi connectivity index (χ4v) is 2.00. The van der Waals surface area contributed by atoms with Gasteiger partial charge in [-0.3, -0.25) is 4.79 Å². The predicted octanol–water partition coefficient (Wildman–Crippen LogP) is 3.35. The van der Waals surface area contributed by atoms with Crippen LogP contribution in [0.4, 0.5) is 10.1 Å². The van der Waals surface area contributed by atoms with Crippen LogP contribution in [0.25, 0.3) is 0 Å². The molecule has 0 aliphatic carbocycles. The van der Waals surface area contributed by atoms with Crippen molar-refractivity contribution >= 4 is 29.4 Å². The number of carbonyl (C=O) groups excluding carboxylic acids is 1. The van der Waals surface area contributed by atoms with Gasteiger partial charge < -0.3 is 5.32 Å². The topological polar surface area (TPSA) is 53.5 Å². The van der Waals surface area contributed by atoms with Gasteiger partial charge in [-0.15, -0.1) is 0 Å². The number of anilines is 1. The molecule has 0 fully saturated rings. The fourth-order valence-electron chi connectivity index (χ4n) is 1.79. The molecule has 2 aromatic rings. The number of nitrogens with one attached hydrogen (secondary N) is 2. The number of aryl methyl sites for hydroxylation is 1. The molecule has 1 amide bonds. The Morgan fingerprint density at radius 1 is 1.27 bits per heavy atom. The largest absolute Gasteiger partial charge is 0.376 e. The Labute approximate surface area is 133 Å². The van der Waals surface area contributed by atoms with Gasteiger partial charge in [0.15, 0.2) is 0 Å². The van der Waals surface area contributed by atoms with Crippen LogP contribution in [-0.4, -0.2) is 18.7 Å². The number of rotatable bonds is 5. The van der Waals surface area contributed by atoms with Crippen LogP contribution in [0.1, 0.15) is 11.1 Å². The van der Waals surface area contributed by atoms with Gasteiger partial charge in [-0.2, -0.15) is 5.10 Å². The van der Waals surface area contributed by atoms with Crippen LogP contribution in [0.5, 0.6) is 0 Å². The molecule has 0 aromatic heterocycles. The van der Waals surface area contributed by atoms with Gasteiger partial charge in [0.1, 0.15) is 5.82 Å². The van der Waals surface area contributed by atoms with Crippen molar-refractivity contribution in [3.05, 3.63) is 64.4 Å². The monoisotopic (exact) mass is 319 g/mol. The second-order valence-electron chi connectivity index (χ2n) is 4.60. The van der Waals surface area contributed by atoms with Gasteiger partial charge in [-0.1, -0.05) is 35.9 Å². The molecule has 0 spiro atoms. The summed E-state index contributed by atoms with van der Waals surface area (Å²) in [4.78, 5) is 11.7. The Balaban J connectivity index is 1.88. The summed E-state index contributed by atoms with van der Waals surface area (Å²) in [6, 6.07) is 11.9. The van der Waals surface area contributed by atoms with Crippen LogP contribution in [0.2, 0.25) is 5.02 Å². The van der Waals surface area contributed by atoms with Gasteiger partial charge >= 0.3 is 0 Å². The fraction of sp³-hybridized carbons (Fsp3) is 0.125. The Kier molecular flexibility index (Phi) is 5.49. The summed E-state index contributed by atoms with van der Waals surface area (Å²) in [5, 5.41) is 6.94. The van der Waals surface area contributed by atoms with Crippen LogP contribution in [0.3, 0.4) is 0 Å². The van der Waals surface area contributed by atoms with Crippen molar-refractivity contribution in [1.82, 2.24) is 5.43 Å². The van der Waals surface area contributed by atoms with Crippen molar-refractivity contribution in [3.8, 4) is 0 Å². The van der Waals surface area contributed by atoms with E-state index in [1.165, 1.54) is 18.3 Å². The number of para-hydroxylation sites is 1. The lowest BCUT2D eigenvalue weighted by molar-refractivity contribution is -0.119. The molecule has 4 nitrogen and oxygen atoms in total. The number of amides is 1. The first kappa shape index (κ1) is 16.0. The molecule has 0 aliphatic rings. The zero-order valence-electron chi connectivity index (χ0n) is 11.9. The third-order valence-corrected chi connectivity index (χ3v) is 3.30. The summed E-state index contributed by atoms with van der Waals surface area (Å²) >= 11 is 5.85. The molecule has 2 N–H and O–H groups in total. The summed E-state index contributed by atoms with van der Waals surface area (Å²) in [6.07, 6.45) is 1.18. The molecule has 0 saturated carbocycles. The SMILES string of the molecule is Cc1ccccc1NCC(=O)N/N=C/c1c(F)cccc1Cl. The van der Waals surface area contributed by atoms with E-state index < -0.39 is 5.82 Å². The van der Waals surface area contributed by atoms with Gasteiger partial charge in [0.2, 0.25) is 0 Å². The van der Waals surface area contributed by atoms with E-state index in [2.05, 4.69) is 15.8 Å². The highest BCUT2D eigenvalue weighted by Crippen LogP contribution is 2.16. The van der Waals surface area contributed by atoms with E-state index in [9.17, 15) is 9.18 Å². The lowest BCUT2D eigenvalue weighted by Crippen LogP contribution is -2.26. The molecule has 2 aromatic carbocycles. The molecule has 0 atom stereocenters. The highest BCUT2D eigenvalue weighted by Gasteiger charge is 2.04. The Morgan fingerprint density at radius 3 is 2.77 bits per heavy atom. The van der Waals surface area contributed by atoms with Crippen LogP contribution in [0.15, 0.2) is 47.6 Å². The Bertz CT molecular complexity index is 683. The quantitative estimate of drug-likeness (QED) is 0.656. The molecular formula is C16H15ClFN3O. The maximum absolute atomic E-state index is 13.5. The number of halogens is 2. The number of carbonyl (C=O) groups is 1. The second-order valence-corrected chi connectivity index (χ2v) is 5.00. The third kappa shape index (κ3) is 4.30. The standard InChI is InChI=1S/C16H15ClFN3O/c1-11-5-2-3-8-15(11)19-10-16(22)21-20-9-12-13(17)6-4-7-14(12)18/h2-9,19H,10H2,1H3,(H,21,22)/b20-9+. The summed E-state index contributed by atoms with van der Waals surface area (Å²) in [5.41, 5.74) is 4.37. The van der Waals surface area contributed by atoms with Gasteiger partial charge in [-0.25, -0.2) is 9.82 Å². The van der Waals surface area contributed by atoms with E-state index in [1.807, 2.05) is 31.2 Å². The summed E-state index contributed by atoms with van der Waals surface area (Å²) < 4.78 is 13.5. The smallest absolute Gasteiger partial charge is 0.259 e. The van der Waals surface area contributed by atoms with Crippen LogP contribution in [-0.2, 0) is 4.79 Å². The lowest BCUT2D eigenvalue weighted by Gasteiger charge is -2.07. The molecule has 22 heavy (non-hydrogen) atoms. The van der Waals surface area contributed by atoms with Gasteiger partial charge in [-0.05, 0) is 30.7 Å². The van der Waals surface area contributed by atoms with E-state index in [-0.39, 0.29) is 23.0 Å². The van der Waals surface area contributed by atoms with Crippen molar-refractivity contribution in [2.24, 2.45) is 5.10 Å². The maximum Gasteiger partial charge on any atom is 0.259 e. The normalized spacial score (nSPS) is 10.7. The Hall–Kier alpha value is -2.40. The van der Waals surface area contributed by atoms with Crippen molar-refractivity contribution in [1.29, 1.82) is 0 Å². The highest BCUT2D eigenvalue weighted by molar-refractivity contribution is 6.33. The van der Waals surface area contributed by atoms with Crippen LogP contribution < -0.4 is 10.7 Å². The maximum atomic E-state index is 13.5. The van der Waals surface area contributed by atoms with E-state index in [0.717, 1.165) is 11.3 Å². The molecule has 6 heteroatoms. The minimum absolute atomic E-state index is 0.0627. The van der Waals surface area contributed by atoms with Crippen molar-refractivity contribution < 1.29 is 9.18 Å². The van der Waals surface area contributed by atoms with E-state index in [4.69, 9.17) is 11.6 Å². The van der Waals surface area contributed by atoms with Gasteiger partial charge in [0.05, 0.1) is 17.8 Å². The van der Waals surface area contributed by atoms with Crippen LogP contribution in [0, 0.1) is 12.7 Å². The van der Waals surface area contributed by atoms with Crippen molar-refractivity contribution in [2.45, 2.75) is 6.92 Å². The van der Waals surface area contributed by atoms with Gasteiger partial charge in [0.25, 0.3) is 5.91 Å². The van der Waals surface area contributed by atoms with Crippen LogP contribution >= 0.6 is 11.6 Å². The number of nitrogens with zero attached hydrogens (tertiary/aromatic N) is 1. The second kappa shape index (κ2) is 7.56. The molecule has 0 unspecified atom stereocenters. The minimum Gasteiger partial charge on any atom is -0.376 e. The minimum atomic E-state index is -0.497. The molecule has 0 aliphatic heterocycles. The molecule has 0 bridgehead atoms. The predicted molar refractivity (Wildman–Crippen MR) is 86.8 cm³/mol. The zero-order chi connectivity index (χ0) is 15.9. The molecule has 114 valence electrons. The summed E-state index contributed by atoms with van der Waals surface area (Å²) in [5.74, 6) is -0.838. The summed E-state index contributed by atoms with van der Waals surface area (Å²) in [7, 11) is 0. The number of hydrazone groups is 1. The molecular weight excluding hydrogens is 305 g/mol. The van der Waals surface area contributed by atoms with E-state index >= 15 is 0 Å². The first-order valence-electron chi connectivity index (χ1n) is 6.63. The first-order valence-corrected chi connectivity index (χ1v) is 7.01. The average molecular weight is 320 g/mol. The van der Waals surface area contributed by atoms with Crippen molar-refractivity contribution in [3.63, 3.8) is 0 Å². The molecule has 0 heterocycles. The van der Waals surface area contributed by atoms with Gasteiger partial charge in [0, 0.05) is 11.3 Å². The van der Waals surface area contributed by atoms with Crippen molar-refractivity contribution in [2.75, 3.05) is 11.9 Å². The van der Waals surface area contributed by atoms with E-state index in [1.54, 1.807) is 6.07 Å². The number of benzene rings is 2. The molecule has 2 rings (SSSR count).